The first-order valence-electron chi connectivity index (χ1n) is 6.91. The Morgan fingerprint density at radius 3 is 2.87 bits per heavy atom. The molecule has 114 valence electrons. The van der Waals surface area contributed by atoms with Crippen LogP contribution in [0.4, 0.5) is 0 Å². The number of pyridine rings is 1. The molecular weight excluding hydrogens is 316 g/mol. The third-order valence-corrected chi connectivity index (χ3v) is 3.82. The number of imidazole rings is 1. The summed E-state index contributed by atoms with van der Waals surface area (Å²) in [7, 11) is 0. The van der Waals surface area contributed by atoms with Crippen LogP contribution in [-0.4, -0.2) is 19.7 Å². The van der Waals surface area contributed by atoms with E-state index in [-0.39, 0.29) is 5.56 Å². The largest absolute Gasteiger partial charge is 0.356 e. The van der Waals surface area contributed by atoms with Crippen molar-refractivity contribution in [1.29, 1.82) is 0 Å². The molecule has 1 aromatic carbocycles. The Hall–Kier alpha value is -2.86. The van der Waals surface area contributed by atoms with Crippen LogP contribution in [0.25, 0.3) is 27.9 Å². The number of H-pyrrole nitrogens is 1. The molecular formula is C16H11ClN4O2. The zero-order valence-corrected chi connectivity index (χ0v) is 12.8. The number of benzene rings is 1. The van der Waals surface area contributed by atoms with E-state index in [9.17, 15) is 4.79 Å². The van der Waals surface area contributed by atoms with Crippen molar-refractivity contribution in [1.82, 2.24) is 19.7 Å². The van der Waals surface area contributed by atoms with Crippen LogP contribution in [0.1, 0.15) is 5.69 Å². The zero-order valence-electron chi connectivity index (χ0n) is 12.1. The van der Waals surface area contributed by atoms with E-state index in [0.29, 0.717) is 33.2 Å². The van der Waals surface area contributed by atoms with Crippen molar-refractivity contribution in [2.75, 3.05) is 0 Å². The number of hydrogen-bond donors (Lipinski definition) is 1. The van der Waals surface area contributed by atoms with Gasteiger partial charge in [-0.15, -0.1) is 0 Å². The number of fused-ring (bicyclic) bond motifs is 1. The Kier molecular flexibility index (Phi) is 3.06. The van der Waals surface area contributed by atoms with Gasteiger partial charge < -0.3 is 14.1 Å². The summed E-state index contributed by atoms with van der Waals surface area (Å²) in [6.07, 6.45) is 5.04. The number of rotatable bonds is 2. The van der Waals surface area contributed by atoms with Crippen molar-refractivity contribution in [3.8, 4) is 17.0 Å². The first-order valence-corrected chi connectivity index (χ1v) is 7.29. The summed E-state index contributed by atoms with van der Waals surface area (Å²) in [5, 5.41) is 5.24. The molecule has 0 aliphatic carbocycles. The lowest BCUT2D eigenvalue weighted by Crippen LogP contribution is -2.13. The van der Waals surface area contributed by atoms with Gasteiger partial charge in [0.2, 0.25) is 0 Å². The van der Waals surface area contributed by atoms with Crippen LogP contribution < -0.4 is 5.56 Å². The lowest BCUT2D eigenvalue weighted by molar-refractivity contribution is 0.426. The molecule has 0 fully saturated rings. The molecule has 3 aromatic heterocycles. The third-order valence-electron chi connectivity index (χ3n) is 3.59. The highest BCUT2D eigenvalue weighted by molar-refractivity contribution is 6.31. The smallest absolute Gasteiger partial charge is 0.261 e. The fourth-order valence-electron chi connectivity index (χ4n) is 2.62. The highest BCUT2D eigenvalue weighted by Crippen LogP contribution is 2.31. The average molecular weight is 327 g/mol. The van der Waals surface area contributed by atoms with Crippen LogP contribution >= 0.6 is 11.6 Å². The summed E-state index contributed by atoms with van der Waals surface area (Å²) in [4.78, 5) is 19.6. The van der Waals surface area contributed by atoms with Crippen molar-refractivity contribution in [3.05, 3.63) is 64.1 Å². The van der Waals surface area contributed by atoms with Gasteiger partial charge in [-0.25, -0.2) is 4.98 Å². The van der Waals surface area contributed by atoms with Gasteiger partial charge in [-0.3, -0.25) is 4.79 Å². The fourth-order valence-corrected chi connectivity index (χ4v) is 2.79. The normalized spacial score (nSPS) is 11.2. The Bertz CT molecular complexity index is 1060. The molecule has 1 N–H and O–H groups in total. The van der Waals surface area contributed by atoms with Crippen molar-refractivity contribution >= 4 is 22.5 Å². The molecule has 0 aliphatic heterocycles. The Morgan fingerprint density at radius 1 is 1.30 bits per heavy atom. The third kappa shape index (κ3) is 2.24. The van der Waals surface area contributed by atoms with Gasteiger partial charge in [0.15, 0.2) is 5.76 Å². The molecule has 3 heterocycles. The maximum Gasteiger partial charge on any atom is 0.261 e. The first kappa shape index (κ1) is 13.8. The minimum absolute atomic E-state index is 0.264. The Morgan fingerprint density at radius 2 is 2.17 bits per heavy atom. The number of halogens is 1. The fraction of sp³-hybridized carbons (Fsp3) is 0.0625. The Balaban J connectivity index is 2.19. The summed E-state index contributed by atoms with van der Waals surface area (Å²) in [5.74, 6) is 0.398. The molecule has 4 rings (SSSR count). The summed E-state index contributed by atoms with van der Waals surface area (Å²) in [6, 6.07) is 7.03. The summed E-state index contributed by atoms with van der Waals surface area (Å²) in [6.45, 7) is 1.80. The van der Waals surface area contributed by atoms with Crippen LogP contribution in [0.3, 0.4) is 0 Å². The van der Waals surface area contributed by atoms with Crippen molar-refractivity contribution in [2.24, 2.45) is 0 Å². The van der Waals surface area contributed by atoms with Gasteiger partial charge in [-0.1, -0.05) is 16.8 Å². The first-order chi connectivity index (χ1) is 11.1. The summed E-state index contributed by atoms with van der Waals surface area (Å²) < 4.78 is 7.08. The second kappa shape index (κ2) is 5.10. The van der Waals surface area contributed by atoms with Crippen molar-refractivity contribution < 1.29 is 4.52 Å². The van der Waals surface area contributed by atoms with E-state index in [4.69, 9.17) is 16.1 Å². The van der Waals surface area contributed by atoms with E-state index in [1.165, 1.54) is 0 Å². The van der Waals surface area contributed by atoms with E-state index in [2.05, 4.69) is 15.1 Å². The maximum atomic E-state index is 12.6. The van der Waals surface area contributed by atoms with Gasteiger partial charge >= 0.3 is 0 Å². The number of hydrogen-bond acceptors (Lipinski definition) is 4. The minimum Gasteiger partial charge on any atom is -0.356 e. The SMILES string of the molecule is Cc1cc(-c2c(-n3ccnc3)c3cc(Cl)ccc3[nH]c2=O)on1. The Labute approximate surface area is 135 Å². The molecule has 0 radical (unpaired) electrons. The highest BCUT2D eigenvalue weighted by Gasteiger charge is 2.19. The predicted molar refractivity (Wildman–Crippen MR) is 86.9 cm³/mol. The van der Waals surface area contributed by atoms with Crippen LogP contribution in [0.15, 0.2) is 52.3 Å². The number of aromatic nitrogens is 4. The quantitative estimate of drug-likeness (QED) is 0.613. The van der Waals surface area contributed by atoms with Crippen LogP contribution in [0, 0.1) is 6.92 Å². The molecule has 0 saturated carbocycles. The standard InChI is InChI=1S/C16H11ClN4O2/c1-9-6-13(23-20-9)14-15(21-5-4-18-8-21)11-7-10(17)2-3-12(11)19-16(14)22/h2-8H,1H3,(H,19,22). The number of aryl methyl sites for hydroxylation is 1. The lowest BCUT2D eigenvalue weighted by Gasteiger charge is -2.11. The molecule has 23 heavy (non-hydrogen) atoms. The van der Waals surface area contributed by atoms with Gasteiger partial charge in [0.05, 0.1) is 23.2 Å². The molecule has 0 amide bonds. The molecule has 4 aromatic rings. The van der Waals surface area contributed by atoms with Gasteiger partial charge in [0, 0.05) is 28.9 Å². The monoisotopic (exact) mass is 326 g/mol. The molecule has 0 aliphatic rings. The van der Waals surface area contributed by atoms with Gasteiger partial charge in [0.1, 0.15) is 5.56 Å². The maximum absolute atomic E-state index is 12.6. The van der Waals surface area contributed by atoms with Crippen molar-refractivity contribution in [3.63, 3.8) is 0 Å². The molecule has 6 nitrogen and oxygen atoms in total. The van der Waals surface area contributed by atoms with Crippen molar-refractivity contribution in [2.45, 2.75) is 6.92 Å². The molecule has 7 heteroatoms. The van der Waals surface area contributed by atoms with E-state index < -0.39 is 0 Å². The number of nitrogens with one attached hydrogen (secondary N) is 1. The van der Waals surface area contributed by atoms with Gasteiger partial charge in [-0.2, -0.15) is 0 Å². The van der Waals surface area contributed by atoms with Gasteiger partial charge in [-0.05, 0) is 25.1 Å². The van der Waals surface area contributed by atoms with E-state index in [0.717, 1.165) is 5.39 Å². The number of aromatic amines is 1. The second-order valence-corrected chi connectivity index (χ2v) is 5.61. The van der Waals surface area contributed by atoms with Crippen LogP contribution in [0.2, 0.25) is 5.02 Å². The minimum atomic E-state index is -0.264. The van der Waals surface area contributed by atoms with E-state index >= 15 is 0 Å². The topological polar surface area (TPSA) is 76.7 Å². The summed E-state index contributed by atoms with van der Waals surface area (Å²) in [5.41, 5.74) is 2.16. The second-order valence-electron chi connectivity index (χ2n) is 5.17. The molecule has 0 bridgehead atoms. The average Bonchev–Trinajstić information content (AvgIpc) is 3.18. The predicted octanol–water partition coefficient (Wildman–Crippen LogP) is 3.33. The lowest BCUT2D eigenvalue weighted by atomic mass is 10.1. The number of nitrogens with zero attached hydrogens (tertiary/aromatic N) is 3. The van der Waals surface area contributed by atoms with Crippen LogP contribution in [0.5, 0.6) is 0 Å². The van der Waals surface area contributed by atoms with Gasteiger partial charge in [0.25, 0.3) is 5.56 Å². The summed E-state index contributed by atoms with van der Waals surface area (Å²) >= 11 is 6.14. The highest BCUT2D eigenvalue weighted by atomic mass is 35.5. The molecule has 0 saturated heterocycles. The van der Waals surface area contributed by atoms with E-state index in [1.54, 1.807) is 54.5 Å². The molecule has 0 spiro atoms. The zero-order chi connectivity index (χ0) is 16.0. The van der Waals surface area contributed by atoms with E-state index in [1.807, 2.05) is 0 Å². The molecule has 0 atom stereocenters. The van der Waals surface area contributed by atoms with Crippen LogP contribution in [-0.2, 0) is 0 Å². The molecule has 0 unspecified atom stereocenters.